The molecule has 4 aromatic rings. The largest absolute Gasteiger partial charge is 0.372 e. The first-order valence-electron chi connectivity index (χ1n) is 13.3. The molecule has 7 heteroatoms. The van der Waals surface area contributed by atoms with Gasteiger partial charge in [0.1, 0.15) is 0 Å². The first-order chi connectivity index (χ1) is 18.6. The monoisotopic (exact) mass is 510 g/mol. The summed E-state index contributed by atoms with van der Waals surface area (Å²) in [5.74, 6) is 1.22. The molecule has 5 rings (SSSR count). The van der Waals surface area contributed by atoms with Gasteiger partial charge in [-0.1, -0.05) is 109 Å². The molecule has 0 saturated carbocycles. The van der Waals surface area contributed by atoms with Crippen molar-refractivity contribution in [1.82, 2.24) is 15.0 Å². The summed E-state index contributed by atoms with van der Waals surface area (Å²) in [6.45, 7) is 7.13. The molecule has 1 fully saturated rings. The molecule has 0 aliphatic carbocycles. The van der Waals surface area contributed by atoms with E-state index in [0.717, 1.165) is 25.9 Å². The Kier molecular flexibility index (Phi) is 8.05. The Morgan fingerprint density at radius 2 is 1.66 bits per heavy atom. The predicted molar refractivity (Wildman–Crippen MR) is 146 cm³/mol. The number of piperidine rings is 1. The van der Waals surface area contributed by atoms with E-state index in [1.807, 2.05) is 60.7 Å². The van der Waals surface area contributed by atoms with E-state index in [2.05, 4.69) is 53.3 Å². The average Bonchev–Trinajstić information content (AvgIpc) is 3.43. The molecule has 1 aliphatic rings. The van der Waals surface area contributed by atoms with Crippen molar-refractivity contribution in [3.05, 3.63) is 124 Å². The summed E-state index contributed by atoms with van der Waals surface area (Å²) in [4.78, 5) is 19.6. The van der Waals surface area contributed by atoms with Crippen LogP contribution >= 0.6 is 0 Å². The summed E-state index contributed by atoms with van der Waals surface area (Å²) in [6.07, 6.45) is 2.25. The van der Waals surface area contributed by atoms with Gasteiger partial charge in [0, 0.05) is 6.54 Å². The topological polar surface area (TPSA) is 80.8 Å². The van der Waals surface area contributed by atoms with E-state index < -0.39 is 5.54 Å². The standard InChI is InChI=1S/C31H34N4O3/c1-3-25-18-19-35(20-28(25)37-22-24-16-14-23(2)15-17-24)21-29-32-30(33-38-29)31(34-36,26-10-6-4-7-11-26)27-12-8-5-9-13-27/h4-17,25,28H,3,18-22H2,1-2H3. The number of hydrogen-bond donors (Lipinski definition) is 0. The first-order valence-corrected chi connectivity index (χ1v) is 13.3. The van der Waals surface area contributed by atoms with Crippen LogP contribution in [0.5, 0.6) is 0 Å². The molecule has 2 atom stereocenters. The number of benzene rings is 3. The molecule has 3 aromatic carbocycles. The van der Waals surface area contributed by atoms with Gasteiger partial charge in [-0.15, -0.1) is 4.91 Å². The lowest BCUT2D eigenvalue weighted by Crippen LogP contribution is -2.44. The molecule has 38 heavy (non-hydrogen) atoms. The van der Waals surface area contributed by atoms with Crippen LogP contribution in [0.3, 0.4) is 0 Å². The Hall–Kier alpha value is -3.68. The summed E-state index contributed by atoms with van der Waals surface area (Å²) in [5, 5.41) is 7.89. The third-order valence-corrected chi connectivity index (χ3v) is 7.56. The fraction of sp³-hybridized carbons (Fsp3) is 0.355. The van der Waals surface area contributed by atoms with Gasteiger partial charge in [0.15, 0.2) is 0 Å². The van der Waals surface area contributed by atoms with Crippen LogP contribution in [0.15, 0.2) is 94.6 Å². The number of ether oxygens (including phenoxy) is 1. The van der Waals surface area contributed by atoms with Gasteiger partial charge < -0.3 is 9.26 Å². The number of nitrogens with zero attached hydrogens (tertiary/aromatic N) is 4. The smallest absolute Gasteiger partial charge is 0.240 e. The summed E-state index contributed by atoms with van der Waals surface area (Å²) < 4.78 is 12.1. The number of aryl methyl sites for hydroxylation is 1. The molecule has 0 spiro atoms. The maximum Gasteiger partial charge on any atom is 0.240 e. The Labute approximate surface area is 223 Å². The van der Waals surface area contributed by atoms with Gasteiger partial charge >= 0.3 is 0 Å². The molecule has 1 aliphatic heterocycles. The molecule has 196 valence electrons. The fourth-order valence-corrected chi connectivity index (χ4v) is 5.30. The molecule has 0 bridgehead atoms. The van der Waals surface area contributed by atoms with Crippen molar-refractivity contribution < 1.29 is 9.26 Å². The Balaban J connectivity index is 1.34. The van der Waals surface area contributed by atoms with E-state index >= 15 is 0 Å². The number of rotatable bonds is 10. The highest BCUT2D eigenvalue weighted by Gasteiger charge is 2.43. The predicted octanol–water partition coefficient (Wildman–Crippen LogP) is 6.25. The number of aromatic nitrogens is 2. The molecule has 2 unspecified atom stereocenters. The van der Waals surface area contributed by atoms with E-state index in [9.17, 15) is 4.91 Å². The van der Waals surface area contributed by atoms with Gasteiger partial charge in [0.2, 0.25) is 17.3 Å². The zero-order valence-corrected chi connectivity index (χ0v) is 22.0. The highest BCUT2D eigenvalue weighted by Crippen LogP contribution is 2.39. The van der Waals surface area contributed by atoms with Gasteiger partial charge in [-0.25, -0.2) is 0 Å². The molecule has 0 amide bonds. The highest BCUT2D eigenvalue weighted by atomic mass is 16.5. The molecular weight excluding hydrogens is 476 g/mol. The minimum Gasteiger partial charge on any atom is -0.372 e. The molecular formula is C31H34N4O3. The average molecular weight is 511 g/mol. The summed E-state index contributed by atoms with van der Waals surface area (Å²) >= 11 is 0. The minimum atomic E-state index is -1.39. The Morgan fingerprint density at radius 3 is 2.26 bits per heavy atom. The van der Waals surface area contributed by atoms with Crippen molar-refractivity contribution in [2.75, 3.05) is 13.1 Å². The first kappa shape index (κ1) is 25.9. The second-order valence-electron chi connectivity index (χ2n) is 10.1. The van der Waals surface area contributed by atoms with E-state index in [1.54, 1.807) is 0 Å². The van der Waals surface area contributed by atoms with Crippen LogP contribution in [0.1, 0.15) is 53.7 Å². The van der Waals surface area contributed by atoms with Gasteiger partial charge in [-0.05, 0) is 47.7 Å². The van der Waals surface area contributed by atoms with E-state index in [0.29, 0.717) is 36.1 Å². The molecule has 7 nitrogen and oxygen atoms in total. The molecule has 1 saturated heterocycles. The minimum absolute atomic E-state index is 0.127. The lowest BCUT2D eigenvalue weighted by Gasteiger charge is -2.37. The van der Waals surface area contributed by atoms with Crippen molar-refractivity contribution >= 4 is 0 Å². The Bertz CT molecular complexity index is 1270. The number of nitroso groups, excluding NO2 is 1. The van der Waals surface area contributed by atoms with Crippen molar-refractivity contribution in [2.45, 2.75) is 51.5 Å². The maximum atomic E-state index is 12.5. The van der Waals surface area contributed by atoms with Crippen molar-refractivity contribution in [3.8, 4) is 0 Å². The van der Waals surface area contributed by atoms with E-state index in [4.69, 9.17) is 14.2 Å². The highest BCUT2D eigenvalue weighted by molar-refractivity contribution is 5.45. The zero-order chi connectivity index (χ0) is 26.4. The van der Waals surface area contributed by atoms with Gasteiger partial charge in [-0.2, -0.15) is 4.98 Å². The second-order valence-corrected chi connectivity index (χ2v) is 10.1. The van der Waals surface area contributed by atoms with Crippen LogP contribution in [0.25, 0.3) is 0 Å². The van der Waals surface area contributed by atoms with Crippen molar-refractivity contribution in [1.29, 1.82) is 0 Å². The molecule has 0 N–H and O–H groups in total. The maximum absolute atomic E-state index is 12.5. The van der Waals surface area contributed by atoms with Crippen molar-refractivity contribution in [3.63, 3.8) is 0 Å². The quantitative estimate of drug-likeness (QED) is 0.235. The van der Waals surface area contributed by atoms with E-state index in [1.165, 1.54) is 11.1 Å². The lowest BCUT2D eigenvalue weighted by molar-refractivity contribution is -0.0509. The van der Waals surface area contributed by atoms with Gasteiger partial charge in [-0.3, -0.25) is 4.90 Å². The molecule has 2 heterocycles. The summed E-state index contributed by atoms with van der Waals surface area (Å²) in [6, 6.07) is 27.3. The van der Waals surface area contributed by atoms with Crippen LogP contribution in [0, 0.1) is 17.7 Å². The van der Waals surface area contributed by atoms with E-state index in [-0.39, 0.29) is 11.9 Å². The lowest BCUT2D eigenvalue weighted by atomic mass is 9.83. The summed E-state index contributed by atoms with van der Waals surface area (Å²) in [7, 11) is 0. The zero-order valence-electron chi connectivity index (χ0n) is 22.0. The third-order valence-electron chi connectivity index (χ3n) is 7.56. The van der Waals surface area contributed by atoms with Crippen LogP contribution in [-0.4, -0.2) is 34.2 Å². The van der Waals surface area contributed by atoms with Crippen LogP contribution in [-0.2, 0) is 23.4 Å². The summed E-state index contributed by atoms with van der Waals surface area (Å²) in [5.41, 5.74) is 2.43. The number of likely N-dealkylation sites (tertiary alicyclic amines) is 1. The number of hydrogen-bond acceptors (Lipinski definition) is 7. The molecule has 0 radical (unpaired) electrons. The van der Waals surface area contributed by atoms with Crippen LogP contribution in [0.4, 0.5) is 0 Å². The third kappa shape index (κ3) is 5.44. The molecule has 1 aromatic heterocycles. The van der Waals surface area contributed by atoms with Crippen LogP contribution in [0.2, 0.25) is 0 Å². The fourth-order valence-electron chi connectivity index (χ4n) is 5.30. The second kappa shape index (κ2) is 11.8. The Morgan fingerprint density at radius 1 is 1.00 bits per heavy atom. The van der Waals surface area contributed by atoms with Crippen LogP contribution < -0.4 is 0 Å². The van der Waals surface area contributed by atoms with Gasteiger partial charge in [0.25, 0.3) is 0 Å². The normalized spacial score (nSPS) is 18.4. The van der Waals surface area contributed by atoms with Crippen molar-refractivity contribution in [2.24, 2.45) is 11.1 Å². The van der Waals surface area contributed by atoms with Gasteiger partial charge in [0.05, 0.1) is 19.3 Å². The SMILES string of the molecule is CCC1CCN(Cc2nc(C(N=O)(c3ccccc3)c3ccccc3)no2)CC1OCc1ccc(C)cc1.